The van der Waals surface area contributed by atoms with Crippen molar-refractivity contribution < 1.29 is 14.7 Å². The van der Waals surface area contributed by atoms with Crippen LogP contribution in [-0.4, -0.2) is 33.8 Å². The fourth-order valence-electron chi connectivity index (χ4n) is 1.13. The molecule has 0 bridgehead atoms. The summed E-state index contributed by atoms with van der Waals surface area (Å²) >= 11 is 0. The van der Waals surface area contributed by atoms with Gasteiger partial charge in [0.2, 0.25) is 5.91 Å². The second-order valence-electron chi connectivity index (χ2n) is 3.05. The maximum Gasteiger partial charge on any atom is 0.356 e. The molecular formula is C9H13N3O3. The summed E-state index contributed by atoms with van der Waals surface area (Å²) in [7, 11) is 1.58. The third kappa shape index (κ3) is 3.41. The lowest BCUT2D eigenvalue weighted by Crippen LogP contribution is -2.17. The van der Waals surface area contributed by atoms with Gasteiger partial charge in [-0.15, -0.1) is 0 Å². The van der Waals surface area contributed by atoms with Gasteiger partial charge in [-0.3, -0.25) is 9.48 Å². The molecular weight excluding hydrogens is 198 g/mol. The van der Waals surface area contributed by atoms with Crippen molar-refractivity contribution in [3.8, 4) is 0 Å². The van der Waals surface area contributed by atoms with Gasteiger partial charge in [0.25, 0.3) is 0 Å². The fourth-order valence-corrected chi connectivity index (χ4v) is 1.13. The van der Waals surface area contributed by atoms with Gasteiger partial charge in [-0.2, -0.15) is 5.10 Å². The van der Waals surface area contributed by atoms with Crippen LogP contribution in [0.25, 0.3) is 0 Å². The SMILES string of the molecule is CNC(=O)CCCn1ccc(C(=O)O)n1. The highest BCUT2D eigenvalue weighted by atomic mass is 16.4. The van der Waals surface area contributed by atoms with E-state index in [0.29, 0.717) is 19.4 Å². The number of nitrogens with one attached hydrogen (secondary N) is 1. The lowest BCUT2D eigenvalue weighted by Gasteiger charge is -2.00. The summed E-state index contributed by atoms with van der Waals surface area (Å²) < 4.78 is 1.52. The Balaban J connectivity index is 2.38. The number of amides is 1. The molecule has 6 nitrogen and oxygen atoms in total. The average molecular weight is 211 g/mol. The van der Waals surface area contributed by atoms with Gasteiger partial charge in [-0.1, -0.05) is 0 Å². The average Bonchev–Trinajstić information content (AvgIpc) is 2.66. The topological polar surface area (TPSA) is 84.2 Å². The highest BCUT2D eigenvalue weighted by molar-refractivity contribution is 5.85. The number of carbonyl (C=O) groups excluding carboxylic acids is 1. The summed E-state index contributed by atoms with van der Waals surface area (Å²) in [5.41, 5.74) is 0.0231. The van der Waals surface area contributed by atoms with E-state index >= 15 is 0 Å². The van der Waals surface area contributed by atoms with Crippen LogP contribution in [0.4, 0.5) is 0 Å². The van der Waals surface area contributed by atoms with E-state index in [1.807, 2.05) is 0 Å². The Morgan fingerprint density at radius 2 is 2.33 bits per heavy atom. The molecule has 0 unspecified atom stereocenters. The zero-order valence-electron chi connectivity index (χ0n) is 8.43. The smallest absolute Gasteiger partial charge is 0.356 e. The van der Waals surface area contributed by atoms with E-state index in [4.69, 9.17) is 5.11 Å². The Labute approximate surface area is 86.9 Å². The van der Waals surface area contributed by atoms with Crippen molar-refractivity contribution in [3.05, 3.63) is 18.0 Å². The van der Waals surface area contributed by atoms with E-state index in [9.17, 15) is 9.59 Å². The second kappa shape index (κ2) is 5.14. The van der Waals surface area contributed by atoms with Crippen molar-refractivity contribution in [1.82, 2.24) is 15.1 Å². The van der Waals surface area contributed by atoms with Gasteiger partial charge in [0.05, 0.1) is 0 Å². The first-order valence-electron chi connectivity index (χ1n) is 4.61. The van der Waals surface area contributed by atoms with E-state index in [-0.39, 0.29) is 11.6 Å². The van der Waals surface area contributed by atoms with Crippen molar-refractivity contribution in [3.63, 3.8) is 0 Å². The van der Waals surface area contributed by atoms with Gasteiger partial charge in [-0.25, -0.2) is 4.79 Å². The summed E-state index contributed by atoms with van der Waals surface area (Å²) in [5, 5.41) is 14.9. The van der Waals surface area contributed by atoms with Gasteiger partial charge in [0.15, 0.2) is 5.69 Å². The molecule has 0 atom stereocenters. The standard InChI is InChI=1S/C9H13N3O3/c1-10-8(13)3-2-5-12-6-4-7(11-12)9(14)15/h4,6H,2-3,5H2,1H3,(H,10,13)(H,14,15). The Bertz CT molecular complexity index is 359. The molecule has 1 aromatic rings. The van der Waals surface area contributed by atoms with Gasteiger partial charge < -0.3 is 10.4 Å². The molecule has 0 fully saturated rings. The number of carboxylic acid groups (broad SMARTS) is 1. The van der Waals surface area contributed by atoms with E-state index in [1.54, 1.807) is 13.2 Å². The molecule has 0 saturated heterocycles. The monoisotopic (exact) mass is 211 g/mol. The zero-order chi connectivity index (χ0) is 11.3. The van der Waals surface area contributed by atoms with Crippen LogP contribution >= 0.6 is 0 Å². The van der Waals surface area contributed by atoms with Crippen molar-refractivity contribution >= 4 is 11.9 Å². The molecule has 2 N–H and O–H groups in total. The number of hydrogen-bond acceptors (Lipinski definition) is 3. The maximum atomic E-state index is 10.9. The van der Waals surface area contributed by atoms with Crippen LogP contribution < -0.4 is 5.32 Å². The Morgan fingerprint density at radius 3 is 2.87 bits per heavy atom. The van der Waals surface area contributed by atoms with Crippen LogP contribution in [0.3, 0.4) is 0 Å². The summed E-state index contributed by atoms with van der Waals surface area (Å²) in [5.74, 6) is -1.07. The first-order valence-corrected chi connectivity index (χ1v) is 4.61. The molecule has 0 radical (unpaired) electrons. The molecule has 0 spiro atoms. The van der Waals surface area contributed by atoms with Crippen LogP contribution in [0.5, 0.6) is 0 Å². The molecule has 0 aliphatic heterocycles. The Kier molecular flexibility index (Phi) is 3.84. The Morgan fingerprint density at radius 1 is 1.60 bits per heavy atom. The third-order valence-corrected chi connectivity index (χ3v) is 1.93. The van der Waals surface area contributed by atoms with Gasteiger partial charge in [0.1, 0.15) is 0 Å². The minimum Gasteiger partial charge on any atom is -0.476 e. The highest BCUT2D eigenvalue weighted by Gasteiger charge is 2.06. The fraction of sp³-hybridized carbons (Fsp3) is 0.444. The van der Waals surface area contributed by atoms with Gasteiger partial charge in [0, 0.05) is 26.2 Å². The number of aromatic carboxylic acids is 1. The van der Waals surface area contributed by atoms with E-state index in [2.05, 4.69) is 10.4 Å². The third-order valence-electron chi connectivity index (χ3n) is 1.93. The predicted octanol–water partition coefficient (Wildman–Crippen LogP) is 0.107. The second-order valence-corrected chi connectivity index (χ2v) is 3.05. The molecule has 0 aliphatic rings. The minimum absolute atomic E-state index is 0.0231. The van der Waals surface area contributed by atoms with Crippen molar-refractivity contribution in [2.45, 2.75) is 19.4 Å². The highest BCUT2D eigenvalue weighted by Crippen LogP contribution is 1.98. The van der Waals surface area contributed by atoms with Crippen molar-refractivity contribution in [1.29, 1.82) is 0 Å². The predicted molar refractivity (Wildman–Crippen MR) is 52.5 cm³/mol. The first kappa shape index (κ1) is 11.2. The summed E-state index contributed by atoms with van der Waals surface area (Å²) in [4.78, 5) is 21.4. The lowest BCUT2D eigenvalue weighted by molar-refractivity contribution is -0.120. The van der Waals surface area contributed by atoms with E-state index in [0.717, 1.165) is 0 Å². The number of aryl methyl sites for hydroxylation is 1. The normalized spacial score (nSPS) is 9.93. The van der Waals surface area contributed by atoms with Crippen molar-refractivity contribution in [2.24, 2.45) is 0 Å². The number of rotatable bonds is 5. The van der Waals surface area contributed by atoms with E-state index < -0.39 is 5.97 Å². The molecule has 0 saturated carbocycles. The largest absolute Gasteiger partial charge is 0.476 e. The molecule has 1 heterocycles. The van der Waals surface area contributed by atoms with Gasteiger partial charge in [-0.05, 0) is 12.5 Å². The number of carboxylic acids is 1. The molecule has 6 heteroatoms. The van der Waals surface area contributed by atoms with E-state index in [1.165, 1.54) is 10.7 Å². The summed E-state index contributed by atoms with van der Waals surface area (Å²) in [6, 6.07) is 1.43. The van der Waals surface area contributed by atoms with Crippen LogP contribution in [0.2, 0.25) is 0 Å². The van der Waals surface area contributed by atoms with Crippen LogP contribution in [0, 0.1) is 0 Å². The quantitative estimate of drug-likeness (QED) is 0.723. The molecule has 15 heavy (non-hydrogen) atoms. The lowest BCUT2D eigenvalue weighted by atomic mass is 10.3. The Hall–Kier alpha value is -1.85. The summed E-state index contributed by atoms with van der Waals surface area (Å²) in [6.45, 7) is 0.542. The minimum atomic E-state index is -1.04. The molecule has 0 aliphatic carbocycles. The molecule has 0 aromatic carbocycles. The molecule has 82 valence electrons. The van der Waals surface area contributed by atoms with Crippen molar-refractivity contribution in [2.75, 3.05) is 7.05 Å². The van der Waals surface area contributed by atoms with Crippen LogP contribution in [-0.2, 0) is 11.3 Å². The van der Waals surface area contributed by atoms with Gasteiger partial charge >= 0.3 is 5.97 Å². The summed E-state index contributed by atoms with van der Waals surface area (Å²) in [6.07, 6.45) is 2.65. The number of carbonyl (C=O) groups is 2. The molecule has 1 aromatic heterocycles. The molecule has 1 amide bonds. The molecule has 1 rings (SSSR count). The maximum absolute atomic E-state index is 10.9. The number of hydrogen-bond donors (Lipinski definition) is 2. The zero-order valence-corrected chi connectivity index (χ0v) is 8.43. The number of aromatic nitrogens is 2. The van der Waals surface area contributed by atoms with Crippen LogP contribution in [0.1, 0.15) is 23.3 Å². The first-order chi connectivity index (χ1) is 7.13. The number of nitrogens with zero attached hydrogens (tertiary/aromatic N) is 2. The van der Waals surface area contributed by atoms with Crippen LogP contribution in [0.15, 0.2) is 12.3 Å².